The topological polar surface area (TPSA) is 32.5 Å². The summed E-state index contributed by atoms with van der Waals surface area (Å²) in [7, 11) is 0. The van der Waals surface area contributed by atoms with Gasteiger partial charge in [0.15, 0.2) is 0 Å². The summed E-state index contributed by atoms with van der Waals surface area (Å²) in [5, 5.41) is 0. The van der Waals surface area contributed by atoms with Gasteiger partial charge < -0.3 is 15.5 Å². The van der Waals surface area contributed by atoms with Gasteiger partial charge in [0, 0.05) is 18.6 Å². The first-order valence-corrected chi connectivity index (χ1v) is 7.47. The molecule has 0 spiro atoms. The van der Waals surface area contributed by atoms with Crippen molar-refractivity contribution in [1.29, 1.82) is 0 Å². The van der Waals surface area contributed by atoms with E-state index in [0.717, 1.165) is 12.6 Å². The van der Waals surface area contributed by atoms with Gasteiger partial charge in [0.25, 0.3) is 0 Å². The second-order valence-electron chi connectivity index (χ2n) is 5.94. The Hall–Kier alpha value is -0.120. The highest BCUT2D eigenvalue weighted by atomic mass is 15.2. The molecule has 0 aromatic rings. The molecule has 100 valence electrons. The summed E-state index contributed by atoms with van der Waals surface area (Å²) in [6, 6.07) is 1.24. The molecule has 2 saturated heterocycles. The Kier molecular flexibility index (Phi) is 5.26. The van der Waals surface area contributed by atoms with Gasteiger partial charge in [0.05, 0.1) is 0 Å². The van der Waals surface area contributed by atoms with Crippen LogP contribution in [0.4, 0.5) is 0 Å². The normalized spacial score (nSPS) is 32.8. The molecule has 0 radical (unpaired) electrons. The Labute approximate surface area is 106 Å². The smallest absolute Gasteiger partial charge is 0.0168 e. The summed E-state index contributed by atoms with van der Waals surface area (Å²) in [6.07, 6.45) is 8.06. The molecular weight excluding hydrogens is 210 g/mol. The lowest BCUT2D eigenvalue weighted by Gasteiger charge is -2.35. The predicted molar refractivity (Wildman–Crippen MR) is 73.2 cm³/mol. The van der Waals surface area contributed by atoms with Gasteiger partial charge in [0.2, 0.25) is 0 Å². The zero-order valence-electron chi connectivity index (χ0n) is 11.4. The van der Waals surface area contributed by atoms with Gasteiger partial charge in [-0.05, 0) is 65.2 Å². The van der Waals surface area contributed by atoms with Crippen molar-refractivity contribution < 1.29 is 0 Å². The monoisotopic (exact) mass is 239 g/mol. The highest BCUT2D eigenvalue weighted by Gasteiger charge is 2.19. The van der Waals surface area contributed by atoms with Crippen LogP contribution in [0.25, 0.3) is 0 Å². The quantitative estimate of drug-likeness (QED) is 0.810. The van der Waals surface area contributed by atoms with Crippen molar-refractivity contribution >= 4 is 0 Å². The molecule has 0 bridgehead atoms. The fourth-order valence-electron chi connectivity index (χ4n) is 3.28. The minimum Gasteiger partial charge on any atom is -0.327 e. The Bertz CT molecular complexity index is 220. The minimum absolute atomic E-state index is 0.428. The lowest BCUT2D eigenvalue weighted by molar-refractivity contribution is 0.142. The molecule has 0 saturated carbocycles. The molecular formula is C14H29N3. The van der Waals surface area contributed by atoms with E-state index in [9.17, 15) is 0 Å². The molecule has 2 rings (SSSR count). The molecule has 2 unspecified atom stereocenters. The van der Waals surface area contributed by atoms with E-state index in [1.54, 1.807) is 0 Å². The maximum Gasteiger partial charge on any atom is 0.0168 e. The lowest BCUT2D eigenvalue weighted by Crippen LogP contribution is -2.44. The second-order valence-corrected chi connectivity index (χ2v) is 5.94. The molecule has 0 aliphatic carbocycles. The van der Waals surface area contributed by atoms with E-state index in [-0.39, 0.29) is 0 Å². The SMILES string of the molecule is CC1CCCCN1CCCN1CCCC(N)C1. The summed E-state index contributed by atoms with van der Waals surface area (Å²) in [4.78, 5) is 5.23. The van der Waals surface area contributed by atoms with Crippen LogP contribution in [0.15, 0.2) is 0 Å². The van der Waals surface area contributed by atoms with Crippen molar-refractivity contribution in [2.45, 2.75) is 57.5 Å². The maximum atomic E-state index is 6.01. The zero-order chi connectivity index (χ0) is 12.1. The molecule has 2 heterocycles. The molecule has 17 heavy (non-hydrogen) atoms. The van der Waals surface area contributed by atoms with Gasteiger partial charge in [-0.25, -0.2) is 0 Å². The van der Waals surface area contributed by atoms with E-state index in [2.05, 4.69) is 16.7 Å². The van der Waals surface area contributed by atoms with E-state index in [1.807, 2.05) is 0 Å². The standard InChI is InChI=1S/C14H29N3/c1-13-6-2-3-10-17(13)11-5-9-16-8-4-7-14(15)12-16/h13-14H,2-12,15H2,1H3. The molecule has 2 aliphatic rings. The number of hydrogen-bond acceptors (Lipinski definition) is 3. The van der Waals surface area contributed by atoms with E-state index in [0.29, 0.717) is 6.04 Å². The van der Waals surface area contributed by atoms with Crippen LogP contribution in [0.3, 0.4) is 0 Å². The minimum atomic E-state index is 0.428. The van der Waals surface area contributed by atoms with E-state index < -0.39 is 0 Å². The highest BCUT2D eigenvalue weighted by molar-refractivity contribution is 4.76. The van der Waals surface area contributed by atoms with Crippen molar-refractivity contribution in [2.75, 3.05) is 32.7 Å². The maximum absolute atomic E-state index is 6.01. The van der Waals surface area contributed by atoms with Gasteiger partial charge in [-0.2, -0.15) is 0 Å². The van der Waals surface area contributed by atoms with E-state index in [1.165, 1.54) is 64.7 Å². The molecule has 2 N–H and O–H groups in total. The molecule has 0 aromatic heterocycles. The van der Waals surface area contributed by atoms with Crippen LogP contribution >= 0.6 is 0 Å². The van der Waals surface area contributed by atoms with Crippen LogP contribution in [-0.4, -0.2) is 54.6 Å². The van der Waals surface area contributed by atoms with Crippen LogP contribution in [0.2, 0.25) is 0 Å². The Morgan fingerprint density at radius 3 is 2.71 bits per heavy atom. The summed E-state index contributed by atoms with van der Waals surface area (Å²) < 4.78 is 0. The number of hydrogen-bond donors (Lipinski definition) is 1. The van der Waals surface area contributed by atoms with Gasteiger partial charge >= 0.3 is 0 Å². The molecule has 0 aromatic carbocycles. The lowest BCUT2D eigenvalue weighted by atomic mass is 10.0. The number of nitrogens with two attached hydrogens (primary N) is 1. The number of likely N-dealkylation sites (tertiary alicyclic amines) is 2. The van der Waals surface area contributed by atoms with Crippen LogP contribution in [0, 0.1) is 0 Å². The predicted octanol–water partition coefficient (Wildman–Crippen LogP) is 1.67. The third-order valence-corrected chi connectivity index (χ3v) is 4.40. The first-order valence-electron chi connectivity index (χ1n) is 7.47. The van der Waals surface area contributed by atoms with Gasteiger partial charge in [0.1, 0.15) is 0 Å². The van der Waals surface area contributed by atoms with Gasteiger partial charge in [-0.1, -0.05) is 6.42 Å². The Balaban J connectivity index is 1.61. The second kappa shape index (κ2) is 6.72. The summed E-state index contributed by atoms with van der Waals surface area (Å²) >= 11 is 0. The van der Waals surface area contributed by atoms with Crippen LogP contribution in [0.1, 0.15) is 45.4 Å². The molecule has 2 aliphatic heterocycles. The largest absolute Gasteiger partial charge is 0.327 e. The molecule has 2 fully saturated rings. The first-order chi connectivity index (χ1) is 8.25. The Morgan fingerprint density at radius 1 is 1.06 bits per heavy atom. The molecule has 3 nitrogen and oxygen atoms in total. The Morgan fingerprint density at radius 2 is 1.94 bits per heavy atom. The highest BCUT2D eigenvalue weighted by Crippen LogP contribution is 2.16. The van der Waals surface area contributed by atoms with Gasteiger partial charge in [-0.15, -0.1) is 0 Å². The van der Waals surface area contributed by atoms with Crippen LogP contribution < -0.4 is 5.73 Å². The number of piperidine rings is 2. The summed E-state index contributed by atoms with van der Waals surface area (Å²) in [5.41, 5.74) is 6.01. The van der Waals surface area contributed by atoms with Crippen LogP contribution in [-0.2, 0) is 0 Å². The van der Waals surface area contributed by atoms with Crippen LogP contribution in [0.5, 0.6) is 0 Å². The van der Waals surface area contributed by atoms with Crippen molar-refractivity contribution in [1.82, 2.24) is 9.80 Å². The van der Waals surface area contributed by atoms with E-state index in [4.69, 9.17) is 5.73 Å². The molecule has 2 atom stereocenters. The molecule has 0 amide bonds. The number of nitrogens with zero attached hydrogens (tertiary/aromatic N) is 2. The van der Waals surface area contributed by atoms with E-state index >= 15 is 0 Å². The molecule has 3 heteroatoms. The first kappa shape index (κ1) is 13.3. The number of rotatable bonds is 4. The van der Waals surface area contributed by atoms with Gasteiger partial charge in [-0.3, -0.25) is 0 Å². The third-order valence-electron chi connectivity index (χ3n) is 4.40. The fourth-order valence-corrected chi connectivity index (χ4v) is 3.28. The summed E-state index contributed by atoms with van der Waals surface area (Å²) in [6.45, 7) is 8.62. The average Bonchev–Trinajstić information content (AvgIpc) is 2.32. The average molecular weight is 239 g/mol. The fraction of sp³-hybridized carbons (Fsp3) is 1.00. The zero-order valence-corrected chi connectivity index (χ0v) is 11.4. The van der Waals surface area contributed by atoms with Crippen molar-refractivity contribution in [3.8, 4) is 0 Å². The van der Waals surface area contributed by atoms with Crippen molar-refractivity contribution in [3.63, 3.8) is 0 Å². The third kappa shape index (κ3) is 4.23. The van der Waals surface area contributed by atoms with Crippen molar-refractivity contribution in [3.05, 3.63) is 0 Å². The van der Waals surface area contributed by atoms with Crippen molar-refractivity contribution in [2.24, 2.45) is 5.73 Å². The summed E-state index contributed by atoms with van der Waals surface area (Å²) in [5.74, 6) is 0.